The Morgan fingerprint density at radius 3 is 2.76 bits per heavy atom. The van der Waals surface area contributed by atoms with Crippen molar-refractivity contribution in [2.75, 3.05) is 19.5 Å². The highest BCUT2D eigenvalue weighted by atomic mass is 19.1. The first-order valence-electron chi connectivity index (χ1n) is 15.9. The maximum absolute atomic E-state index is 15.7. The molecule has 1 heterocycles. The van der Waals surface area contributed by atoms with Gasteiger partial charge in [0, 0.05) is 22.4 Å². The zero-order valence-electron chi connectivity index (χ0n) is 26.2. The molecule has 9 nitrogen and oxygen atoms in total. The molecule has 0 amide bonds. The number of carbonyl (C=O) groups excluding carboxylic acids is 2. The molecule has 10 heteroatoms. The van der Waals surface area contributed by atoms with Crippen molar-refractivity contribution in [2.24, 2.45) is 28.6 Å². The largest absolute Gasteiger partial charge is 0.492 e. The van der Waals surface area contributed by atoms with Crippen molar-refractivity contribution >= 4 is 17.3 Å². The smallest absolute Gasteiger partial charge is 0.193 e. The fraction of sp³-hybridized carbons (Fsp3) is 0.500. The van der Waals surface area contributed by atoms with Crippen LogP contribution in [0.15, 0.2) is 60.2 Å². The molecule has 0 unspecified atom stereocenters. The van der Waals surface area contributed by atoms with Crippen molar-refractivity contribution in [1.82, 2.24) is 0 Å². The predicted octanol–water partition coefficient (Wildman–Crippen LogP) is 4.60. The van der Waals surface area contributed by atoms with E-state index in [0.29, 0.717) is 18.5 Å². The maximum Gasteiger partial charge on any atom is 0.193 e. The molecule has 0 radical (unpaired) electrons. The van der Waals surface area contributed by atoms with Gasteiger partial charge in [0.05, 0.1) is 24.9 Å². The summed E-state index contributed by atoms with van der Waals surface area (Å²) in [6.45, 7) is 3.36. The highest BCUT2D eigenvalue weighted by molar-refractivity contribution is 6.01. The lowest BCUT2D eigenvalue weighted by Crippen LogP contribution is -2.63. The average Bonchev–Trinajstić information content (AvgIpc) is 3.52. The van der Waals surface area contributed by atoms with Crippen LogP contribution in [-0.2, 0) is 25.7 Å². The second kappa shape index (κ2) is 11.0. The van der Waals surface area contributed by atoms with Crippen LogP contribution in [0.25, 0.3) is 0 Å². The monoisotopic (exact) mass is 633 g/mol. The molecule has 0 bridgehead atoms. The third-order valence-corrected chi connectivity index (χ3v) is 11.7. The first kappa shape index (κ1) is 31.1. The molecule has 244 valence electrons. The van der Waals surface area contributed by atoms with Gasteiger partial charge in [-0.3, -0.25) is 9.59 Å². The van der Waals surface area contributed by atoms with Gasteiger partial charge in [-0.05, 0) is 79.5 Å². The molecule has 46 heavy (non-hydrogen) atoms. The molecule has 2 aromatic rings. The van der Waals surface area contributed by atoms with Gasteiger partial charge in [0.25, 0.3) is 0 Å². The number of rotatable bonds is 7. The number of ether oxygens (including phenoxy) is 4. The van der Waals surface area contributed by atoms with Crippen LogP contribution in [0.1, 0.15) is 56.9 Å². The minimum absolute atomic E-state index is 0.00314. The van der Waals surface area contributed by atoms with E-state index in [-0.39, 0.29) is 53.6 Å². The number of nitrogens with two attached hydrogens (primary N) is 1. The van der Waals surface area contributed by atoms with Gasteiger partial charge in [0.1, 0.15) is 19.0 Å². The van der Waals surface area contributed by atoms with Crippen LogP contribution in [0.3, 0.4) is 0 Å². The van der Waals surface area contributed by atoms with Gasteiger partial charge in [-0.25, -0.2) is 4.39 Å². The number of Topliss-reactive ketones (excluding diaryl/α,β-unsaturated/α-hetero) is 1. The van der Waals surface area contributed by atoms with Gasteiger partial charge in [-0.2, -0.15) is 0 Å². The first-order chi connectivity index (χ1) is 22.0. The van der Waals surface area contributed by atoms with E-state index in [9.17, 15) is 19.8 Å². The minimum Gasteiger partial charge on any atom is -0.492 e. The number of hydrogen-bond acceptors (Lipinski definition) is 9. The van der Waals surface area contributed by atoms with Gasteiger partial charge < -0.3 is 34.9 Å². The van der Waals surface area contributed by atoms with E-state index in [0.717, 1.165) is 17.6 Å². The summed E-state index contributed by atoms with van der Waals surface area (Å²) in [7, 11) is 1.39. The highest BCUT2D eigenvalue weighted by Gasteiger charge is 2.76. The van der Waals surface area contributed by atoms with Gasteiger partial charge >= 0.3 is 0 Å². The summed E-state index contributed by atoms with van der Waals surface area (Å²) in [5, 5.41) is 22.2. The average molecular weight is 634 g/mol. The van der Waals surface area contributed by atoms with Gasteiger partial charge in [-0.1, -0.05) is 37.6 Å². The summed E-state index contributed by atoms with van der Waals surface area (Å²) in [4.78, 5) is 26.1. The summed E-state index contributed by atoms with van der Waals surface area (Å²) in [5.74, 6) is -1.19. The predicted molar refractivity (Wildman–Crippen MR) is 165 cm³/mol. The third-order valence-electron chi connectivity index (χ3n) is 11.7. The molecule has 0 spiro atoms. The zero-order chi connectivity index (χ0) is 32.6. The molecule has 4 fully saturated rings. The third kappa shape index (κ3) is 4.33. The van der Waals surface area contributed by atoms with E-state index in [1.165, 1.54) is 19.2 Å². The van der Waals surface area contributed by atoms with Crippen LogP contribution in [0.2, 0.25) is 0 Å². The number of carbonyl (C=O) groups is 2. The summed E-state index contributed by atoms with van der Waals surface area (Å²) >= 11 is 0. The fourth-order valence-electron chi connectivity index (χ4n) is 9.76. The Balaban J connectivity index is 1.23. The number of anilines is 1. The number of allylic oxidation sites excluding steroid dienone is 4. The van der Waals surface area contributed by atoms with Gasteiger partial charge in [0.2, 0.25) is 0 Å². The second-order valence-electron chi connectivity index (χ2n) is 13.9. The summed E-state index contributed by atoms with van der Waals surface area (Å²) < 4.78 is 40.4. The van der Waals surface area contributed by atoms with Crippen molar-refractivity contribution in [3.05, 3.63) is 77.1 Å². The van der Waals surface area contributed by atoms with Crippen LogP contribution < -0.4 is 15.2 Å². The lowest BCUT2D eigenvalue weighted by Gasteiger charge is -2.59. The number of fused-ring (bicyclic) bond motifs is 7. The molecule has 7 rings (SSSR count). The van der Waals surface area contributed by atoms with Crippen LogP contribution in [0, 0.1) is 34.4 Å². The molecule has 5 aliphatic rings. The molecule has 2 aromatic carbocycles. The summed E-state index contributed by atoms with van der Waals surface area (Å²) in [6, 6.07) is 9.92. The number of aliphatic hydroxyl groups excluding tert-OH is 2. The lowest BCUT2D eigenvalue weighted by atomic mass is 9.46. The van der Waals surface area contributed by atoms with Crippen LogP contribution in [-0.4, -0.2) is 53.3 Å². The molecule has 4 N–H and O–H groups in total. The zero-order valence-corrected chi connectivity index (χ0v) is 26.2. The lowest BCUT2D eigenvalue weighted by molar-refractivity contribution is -0.201. The van der Waals surface area contributed by atoms with Crippen molar-refractivity contribution < 1.29 is 43.1 Å². The quantitative estimate of drug-likeness (QED) is 0.374. The molecular weight excluding hydrogens is 593 g/mol. The molecule has 4 aliphatic carbocycles. The number of halogens is 1. The summed E-state index contributed by atoms with van der Waals surface area (Å²) in [5.41, 5.74) is 5.23. The van der Waals surface area contributed by atoms with Crippen molar-refractivity contribution in [3.63, 3.8) is 0 Å². The number of aliphatic hydroxyl groups is 2. The minimum atomic E-state index is -1.63. The number of methoxy groups -OCH3 is 1. The molecule has 9 atom stereocenters. The van der Waals surface area contributed by atoms with E-state index < -0.39 is 53.1 Å². The van der Waals surface area contributed by atoms with E-state index >= 15 is 4.39 Å². The number of hydrogen-bond donors (Lipinski definition) is 3. The Labute approximate surface area is 267 Å². The van der Waals surface area contributed by atoms with Crippen molar-refractivity contribution in [1.29, 1.82) is 0 Å². The van der Waals surface area contributed by atoms with E-state index in [1.54, 1.807) is 24.3 Å². The van der Waals surface area contributed by atoms with E-state index in [1.807, 2.05) is 25.1 Å². The van der Waals surface area contributed by atoms with Crippen LogP contribution in [0.4, 0.5) is 10.1 Å². The highest BCUT2D eigenvalue weighted by Crippen LogP contribution is 2.70. The van der Waals surface area contributed by atoms with E-state index in [4.69, 9.17) is 24.7 Å². The van der Waals surface area contributed by atoms with Crippen molar-refractivity contribution in [2.45, 2.75) is 70.2 Å². The standard InChI is InChI=1S/C36H40FNO8/c1-34-12-11-22(40)14-20(34)7-8-23-24-15-29-36(28(42)17-39,35(24,2)16-26(41)31(23)34)46-33(45-29)30-25(37)9-10-27(32(30)43-3)44-18-19-5-4-6-21(38)13-19/h4-6,9-14,23-24,26,29,31,33,39,41H,7-8,15-18,38H2,1-3H3/t23-,24-,26-,29+,31+,33+,34-,35-,36+/m0/s1. The Morgan fingerprint density at radius 2 is 2.02 bits per heavy atom. The molecule has 0 aromatic heterocycles. The SMILES string of the molecule is COc1c(OCc2cccc(N)c2)ccc(F)c1[C@@H]1O[C@@H]2C[C@H]3[C@@H]4CCC5=CC(=O)C=C[C@]5(C)[C@H]4[C@@H](O)C[C@]3(C)[C@]2(C(=O)CO)O1. The van der Waals surface area contributed by atoms with Gasteiger partial charge in [0.15, 0.2) is 35.0 Å². The Bertz CT molecular complexity index is 1660. The van der Waals surface area contributed by atoms with Crippen LogP contribution >= 0.6 is 0 Å². The number of benzene rings is 2. The summed E-state index contributed by atoms with van der Waals surface area (Å²) in [6.07, 6.45) is 4.34. The van der Waals surface area contributed by atoms with Gasteiger partial charge in [-0.15, -0.1) is 0 Å². The first-order valence-corrected chi connectivity index (χ1v) is 15.9. The number of nitrogen functional groups attached to an aromatic ring is 1. The second-order valence-corrected chi connectivity index (χ2v) is 13.9. The number of ketones is 2. The topological polar surface area (TPSA) is 138 Å². The molecule has 1 aliphatic heterocycles. The van der Waals surface area contributed by atoms with E-state index in [2.05, 4.69) is 6.92 Å². The Kier molecular flexibility index (Phi) is 7.43. The Hall–Kier alpha value is -3.57. The van der Waals surface area contributed by atoms with Crippen LogP contribution in [0.5, 0.6) is 11.5 Å². The molecule has 1 saturated heterocycles. The molecular formula is C36H40FNO8. The Morgan fingerprint density at radius 1 is 1.22 bits per heavy atom. The normalized spacial score (nSPS) is 37.5. The molecule has 3 saturated carbocycles. The maximum atomic E-state index is 15.7. The van der Waals surface area contributed by atoms with Crippen molar-refractivity contribution in [3.8, 4) is 11.5 Å². The fourth-order valence-corrected chi connectivity index (χ4v) is 9.76.